The first-order valence-electron chi connectivity index (χ1n) is 4.01. The summed E-state index contributed by atoms with van der Waals surface area (Å²) in [7, 11) is 0. The quantitative estimate of drug-likeness (QED) is 0.616. The van der Waals surface area contributed by atoms with Crippen LogP contribution in [0.25, 0.3) is 0 Å². The molecule has 4 nitrogen and oxygen atoms in total. The van der Waals surface area contributed by atoms with E-state index in [1.807, 2.05) is 0 Å². The summed E-state index contributed by atoms with van der Waals surface area (Å²) in [6.45, 7) is 3.51. The predicted molar refractivity (Wildman–Crippen MR) is 41.6 cm³/mol. The SMILES string of the molecule is CC1(C)OC(C=O)C(CCO)O1. The topological polar surface area (TPSA) is 55.8 Å². The van der Waals surface area contributed by atoms with E-state index in [0.717, 1.165) is 6.29 Å². The maximum absolute atomic E-state index is 10.5. The smallest absolute Gasteiger partial charge is 0.164 e. The molecule has 0 radical (unpaired) electrons. The van der Waals surface area contributed by atoms with Gasteiger partial charge in [-0.3, -0.25) is 0 Å². The standard InChI is InChI=1S/C8H14O4/c1-8(2)11-6(3-4-9)7(5-10)12-8/h5-7,9H,3-4H2,1-2H3. The molecule has 0 amide bonds. The Morgan fingerprint density at radius 3 is 2.67 bits per heavy atom. The molecule has 1 aliphatic heterocycles. The van der Waals surface area contributed by atoms with Gasteiger partial charge in [-0.05, 0) is 20.3 Å². The van der Waals surface area contributed by atoms with E-state index in [1.165, 1.54) is 0 Å². The van der Waals surface area contributed by atoms with Gasteiger partial charge in [0, 0.05) is 6.61 Å². The Morgan fingerprint density at radius 2 is 2.17 bits per heavy atom. The maximum Gasteiger partial charge on any atom is 0.164 e. The zero-order chi connectivity index (χ0) is 9.19. The molecule has 0 bridgehead atoms. The van der Waals surface area contributed by atoms with Crippen molar-refractivity contribution < 1.29 is 19.4 Å². The third-order valence-corrected chi connectivity index (χ3v) is 1.77. The lowest BCUT2D eigenvalue weighted by molar-refractivity contribution is -0.150. The molecular weight excluding hydrogens is 160 g/mol. The fourth-order valence-electron chi connectivity index (χ4n) is 1.33. The number of carbonyl (C=O) groups excluding carboxylic acids is 1. The second-order valence-electron chi connectivity index (χ2n) is 3.29. The second-order valence-corrected chi connectivity index (χ2v) is 3.29. The summed E-state index contributed by atoms with van der Waals surface area (Å²) in [5.41, 5.74) is 0. The Morgan fingerprint density at radius 1 is 1.50 bits per heavy atom. The van der Waals surface area contributed by atoms with Gasteiger partial charge in [-0.15, -0.1) is 0 Å². The molecule has 1 heterocycles. The van der Waals surface area contributed by atoms with Gasteiger partial charge in [0.05, 0.1) is 6.10 Å². The van der Waals surface area contributed by atoms with Gasteiger partial charge in [-0.1, -0.05) is 0 Å². The molecule has 2 unspecified atom stereocenters. The summed E-state index contributed by atoms with van der Waals surface area (Å²) in [6, 6.07) is 0. The van der Waals surface area contributed by atoms with Crippen molar-refractivity contribution in [1.82, 2.24) is 0 Å². The Bertz CT molecular complexity index is 166. The second kappa shape index (κ2) is 3.51. The lowest BCUT2D eigenvalue weighted by Gasteiger charge is -2.16. The van der Waals surface area contributed by atoms with Crippen LogP contribution in [0.4, 0.5) is 0 Å². The molecule has 0 spiro atoms. The van der Waals surface area contributed by atoms with Crippen LogP contribution in [0.5, 0.6) is 0 Å². The van der Waals surface area contributed by atoms with Crippen molar-refractivity contribution in [2.75, 3.05) is 6.61 Å². The van der Waals surface area contributed by atoms with Gasteiger partial charge in [0.25, 0.3) is 0 Å². The van der Waals surface area contributed by atoms with Crippen molar-refractivity contribution in [3.63, 3.8) is 0 Å². The summed E-state index contributed by atoms with van der Waals surface area (Å²) < 4.78 is 10.6. The zero-order valence-electron chi connectivity index (χ0n) is 7.32. The number of carbonyl (C=O) groups is 1. The fourth-order valence-corrected chi connectivity index (χ4v) is 1.33. The van der Waals surface area contributed by atoms with Crippen LogP contribution in [-0.4, -0.2) is 36.0 Å². The number of ether oxygens (including phenoxy) is 2. The Labute approximate surface area is 71.5 Å². The minimum atomic E-state index is -0.703. The fraction of sp³-hybridized carbons (Fsp3) is 0.875. The van der Waals surface area contributed by atoms with E-state index in [9.17, 15) is 4.79 Å². The highest BCUT2D eigenvalue weighted by Gasteiger charge is 2.40. The molecule has 0 aliphatic carbocycles. The molecule has 1 aliphatic rings. The molecule has 0 aromatic heterocycles. The van der Waals surface area contributed by atoms with Gasteiger partial charge >= 0.3 is 0 Å². The first-order chi connectivity index (χ1) is 5.59. The molecule has 1 saturated heterocycles. The van der Waals surface area contributed by atoms with Crippen LogP contribution in [-0.2, 0) is 14.3 Å². The number of hydrogen-bond donors (Lipinski definition) is 1. The molecule has 0 aromatic carbocycles. The molecule has 2 atom stereocenters. The molecule has 0 aromatic rings. The van der Waals surface area contributed by atoms with E-state index in [0.29, 0.717) is 6.42 Å². The van der Waals surface area contributed by atoms with Gasteiger partial charge < -0.3 is 19.4 Å². The molecule has 1 rings (SSSR count). The maximum atomic E-state index is 10.5. The van der Waals surface area contributed by atoms with Crippen molar-refractivity contribution in [3.05, 3.63) is 0 Å². The predicted octanol–water partition coefficient (Wildman–Crippen LogP) is 0.0878. The average molecular weight is 174 g/mol. The molecule has 1 N–H and O–H groups in total. The highest BCUT2D eigenvalue weighted by atomic mass is 16.8. The summed E-state index contributed by atoms with van der Waals surface area (Å²) in [6.07, 6.45) is 0.316. The third-order valence-electron chi connectivity index (χ3n) is 1.77. The summed E-state index contributed by atoms with van der Waals surface area (Å²) in [5, 5.41) is 8.66. The first-order valence-corrected chi connectivity index (χ1v) is 4.01. The van der Waals surface area contributed by atoms with Gasteiger partial charge in [0.1, 0.15) is 6.10 Å². The third kappa shape index (κ3) is 2.03. The lowest BCUT2D eigenvalue weighted by atomic mass is 10.2. The lowest BCUT2D eigenvalue weighted by Crippen LogP contribution is -2.24. The number of aliphatic hydroxyl groups excluding tert-OH is 1. The molecule has 12 heavy (non-hydrogen) atoms. The number of aliphatic hydroxyl groups is 1. The minimum absolute atomic E-state index is 0.00838. The number of rotatable bonds is 3. The Kier molecular flexibility index (Phi) is 2.82. The van der Waals surface area contributed by atoms with Crippen molar-refractivity contribution in [3.8, 4) is 0 Å². The van der Waals surface area contributed by atoms with Gasteiger partial charge in [0.2, 0.25) is 0 Å². The Balaban J connectivity index is 2.56. The van der Waals surface area contributed by atoms with Crippen molar-refractivity contribution in [1.29, 1.82) is 0 Å². The van der Waals surface area contributed by atoms with Crippen LogP contribution in [0.1, 0.15) is 20.3 Å². The van der Waals surface area contributed by atoms with Crippen LogP contribution < -0.4 is 0 Å². The highest BCUT2D eigenvalue weighted by Crippen LogP contribution is 2.28. The van der Waals surface area contributed by atoms with Crippen molar-refractivity contribution >= 4 is 6.29 Å². The van der Waals surface area contributed by atoms with Crippen molar-refractivity contribution in [2.24, 2.45) is 0 Å². The van der Waals surface area contributed by atoms with Crippen LogP contribution >= 0.6 is 0 Å². The van der Waals surface area contributed by atoms with E-state index < -0.39 is 11.9 Å². The van der Waals surface area contributed by atoms with Gasteiger partial charge in [-0.25, -0.2) is 0 Å². The molecular formula is C8H14O4. The summed E-state index contributed by atoms with van der Waals surface area (Å²) >= 11 is 0. The van der Waals surface area contributed by atoms with Crippen LogP contribution in [0, 0.1) is 0 Å². The number of hydrogen-bond acceptors (Lipinski definition) is 4. The van der Waals surface area contributed by atoms with E-state index in [2.05, 4.69) is 0 Å². The van der Waals surface area contributed by atoms with Crippen molar-refractivity contribution in [2.45, 2.75) is 38.3 Å². The van der Waals surface area contributed by atoms with E-state index in [1.54, 1.807) is 13.8 Å². The Hall–Kier alpha value is -0.450. The van der Waals surface area contributed by atoms with E-state index in [-0.39, 0.29) is 12.7 Å². The zero-order valence-corrected chi connectivity index (χ0v) is 7.32. The highest BCUT2D eigenvalue weighted by molar-refractivity contribution is 5.57. The van der Waals surface area contributed by atoms with Crippen LogP contribution in [0.15, 0.2) is 0 Å². The number of aldehydes is 1. The first kappa shape index (κ1) is 9.64. The van der Waals surface area contributed by atoms with Gasteiger partial charge in [-0.2, -0.15) is 0 Å². The molecule has 0 saturated carbocycles. The van der Waals surface area contributed by atoms with E-state index in [4.69, 9.17) is 14.6 Å². The molecule has 4 heteroatoms. The monoisotopic (exact) mass is 174 g/mol. The molecule has 70 valence electrons. The average Bonchev–Trinajstić information content (AvgIpc) is 2.26. The van der Waals surface area contributed by atoms with Crippen LogP contribution in [0.2, 0.25) is 0 Å². The summed E-state index contributed by atoms with van der Waals surface area (Å²) in [5.74, 6) is -0.703. The summed E-state index contributed by atoms with van der Waals surface area (Å²) in [4.78, 5) is 10.5. The minimum Gasteiger partial charge on any atom is -0.396 e. The molecule has 1 fully saturated rings. The van der Waals surface area contributed by atoms with E-state index >= 15 is 0 Å². The normalized spacial score (nSPS) is 33.6. The van der Waals surface area contributed by atoms with Gasteiger partial charge in [0.15, 0.2) is 12.1 Å². The largest absolute Gasteiger partial charge is 0.396 e. The van der Waals surface area contributed by atoms with Crippen LogP contribution in [0.3, 0.4) is 0 Å².